The summed E-state index contributed by atoms with van der Waals surface area (Å²) in [5.74, 6) is 0. The van der Waals surface area contributed by atoms with E-state index in [-0.39, 0.29) is 5.41 Å². The van der Waals surface area contributed by atoms with E-state index >= 15 is 0 Å². The molecule has 0 aliphatic heterocycles. The van der Waals surface area contributed by atoms with Crippen LogP contribution in [-0.4, -0.2) is 14.9 Å². The fourth-order valence-corrected chi connectivity index (χ4v) is 2.98. The Morgan fingerprint density at radius 2 is 2.06 bits per heavy atom. The van der Waals surface area contributed by atoms with Crippen molar-refractivity contribution >= 4 is 22.9 Å². The second-order valence-electron chi connectivity index (χ2n) is 5.40. The van der Waals surface area contributed by atoms with Crippen LogP contribution < -0.4 is 0 Å². The van der Waals surface area contributed by atoms with Gasteiger partial charge in [-0.05, 0) is 12.1 Å². The minimum atomic E-state index is -0.662. The molecule has 0 saturated carbocycles. The smallest absolute Gasteiger partial charge is 0.117 e. The molecule has 0 aliphatic carbocycles. The van der Waals surface area contributed by atoms with Gasteiger partial charge in [0, 0.05) is 29.1 Å². The highest BCUT2D eigenvalue weighted by Crippen LogP contribution is 2.35. The molecule has 0 saturated heterocycles. The van der Waals surface area contributed by atoms with Crippen LogP contribution in [-0.2, 0) is 12.5 Å². The van der Waals surface area contributed by atoms with E-state index in [9.17, 15) is 5.11 Å². The van der Waals surface area contributed by atoms with Gasteiger partial charge in [0.2, 0.25) is 0 Å². The van der Waals surface area contributed by atoms with Gasteiger partial charge in [-0.25, -0.2) is 0 Å². The number of aromatic nitrogens is 2. The zero-order valence-corrected chi connectivity index (χ0v) is 12.5. The van der Waals surface area contributed by atoms with E-state index in [0.717, 1.165) is 16.1 Å². The summed E-state index contributed by atoms with van der Waals surface area (Å²) in [6.07, 6.45) is 1.21. The van der Waals surface area contributed by atoms with Crippen LogP contribution in [0.1, 0.15) is 43.0 Å². The van der Waals surface area contributed by atoms with Gasteiger partial charge in [0.15, 0.2) is 0 Å². The normalized spacial score (nSPS) is 13.9. The third-order valence-electron chi connectivity index (χ3n) is 2.73. The van der Waals surface area contributed by atoms with Crippen LogP contribution in [0.5, 0.6) is 0 Å². The molecular weight excluding hydrogens is 268 g/mol. The van der Waals surface area contributed by atoms with Crippen molar-refractivity contribution in [1.29, 1.82) is 0 Å². The predicted molar refractivity (Wildman–Crippen MR) is 75.3 cm³/mol. The van der Waals surface area contributed by atoms with Crippen molar-refractivity contribution in [2.75, 3.05) is 0 Å². The molecular formula is C13H17ClN2OS. The summed E-state index contributed by atoms with van der Waals surface area (Å²) in [5, 5.41) is 14.9. The Balaban J connectivity index is 2.45. The van der Waals surface area contributed by atoms with Gasteiger partial charge < -0.3 is 5.11 Å². The second-order valence-corrected chi connectivity index (χ2v) is 7.15. The first kappa shape index (κ1) is 13.6. The van der Waals surface area contributed by atoms with E-state index in [4.69, 9.17) is 11.6 Å². The van der Waals surface area contributed by atoms with Crippen LogP contribution in [0.2, 0.25) is 4.34 Å². The molecule has 1 unspecified atom stereocenters. The molecule has 0 aromatic carbocycles. The minimum Gasteiger partial charge on any atom is -0.383 e. The number of nitrogens with zero attached hydrogens (tertiary/aromatic N) is 2. The van der Waals surface area contributed by atoms with E-state index in [1.807, 2.05) is 19.3 Å². The summed E-state index contributed by atoms with van der Waals surface area (Å²) in [6, 6.07) is 3.66. The fraction of sp³-hybridized carbons (Fsp3) is 0.462. The summed E-state index contributed by atoms with van der Waals surface area (Å²) in [6.45, 7) is 6.27. The summed E-state index contributed by atoms with van der Waals surface area (Å²) in [5.41, 5.74) is 1.67. The lowest BCUT2D eigenvalue weighted by atomic mass is 9.88. The Hall–Kier alpha value is -0.840. The lowest BCUT2D eigenvalue weighted by molar-refractivity contribution is 0.221. The number of aliphatic hydroxyl groups is 1. The number of thiophene rings is 1. The van der Waals surface area contributed by atoms with Crippen molar-refractivity contribution in [2.45, 2.75) is 32.3 Å². The molecule has 1 atom stereocenters. The first-order valence-corrected chi connectivity index (χ1v) is 6.96. The number of aryl methyl sites for hydroxylation is 1. The van der Waals surface area contributed by atoms with Crippen molar-refractivity contribution in [3.8, 4) is 0 Å². The second kappa shape index (κ2) is 4.68. The fourth-order valence-electron chi connectivity index (χ4n) is 1.92. The molecule has 0 amide bonds. The maximum absolute atomic E-state index is 10.5. The monoisotopic (exact) mass is 284 g/mol. The molecule has 2 aromatic heterocycles. The van der Waals surface area contributed by atoms with Gasteiger partial charge in [-0.15, -0.1) is 11.3 Å². The average molecular weight is 285 g/mol. The summed E-state index contributed by atoms with van der Waals surface area (Å²) >= 11 is 7.31. The van der Waals surface area contributed by atoms with E-state index in [0.29, 0.717) is 4.34 Å². The highest BCUT2D eigenvalue weighted by molar-refractivity contribution is 7.16. The molecule has 2 rings (SSSR count). The highest BCUT2D eigenvalue weighted by Gasteiger charge is 2.27. The SMILES string of the molecule is Cn1cc(C(O)c2ccc(Cl)s2)c(C(C)(C)C)n1. The molecule has 0 spiro atoms. The Morgan fingerprint density at radius 1 is 1.39 bits per heavy atom. The maximum Gasteiger partial charge on any atom is 0.117 e. The van der Waals surface area contributed by atoms with Crippen molar-refractivity contribution in [3.63, 3.8) is 0 Å². The van der Waals surface area contributed by atoms with E-state index in [2.05, 4.69) is 25.9 Å². The van der Waals surface area contributed by atoms with Gasteiger partial charge in [0.05, 0.1) is 10.0 Å². The van der Waals surface area contributed by atoms with Gasteiger partial charge >= 0.3 is 0 Å². The number of hydrogen-bond donors (Lipinski definition) is 1. The summed E-state index contributed by atoms with van der Waals surface area (Å²) in [7, 11) is 1.87. The van der Waals surface area contributed by atoms with Crippen LogP contribution in [0.15, 0.2) is 18.3 Å². The van der Waals surface area contributed by atoms with Gasteiger partial charge in [-0.2, -0.15) is 5.10 Å². The van der Waals surface area contributed by atoms with Gasteiger partial charge in [-0.3, -0.25) is 4.68 Å². The molecule has 2 aromatic rings. The molecule has 18 heavy (non-hydrogen) atoms. The maximum atomic E-state index is 10.5. The highest BCUT2D eigenvalue weighted by atomic mass is 35.5. The largest absolute Gasteiger partial charge is 0.383 e. The van der Waals surface area contributed by atoms with Crippen LogP contribution in [0.25, 0.3) is 0 Å². The summed E-state index contributed by atoms with van der Waals surface area (Å²) in [4.78, 5) is 0.846. The molecule has 5 heteroatoms. The van der Waals surface area contributed by atoms with Gasteiger partial charge in [0.1, 0.15) is 6.10 Å². The molecule has 98 valence electrons. The average Bonchev–Trinajstić information content (AvgIpc) is 2.82. The molecule has 0 fully saturated rings. The van der Waals surface area contributed by atoms with Crippen molar-refractivity contribution in [3.05, 3.63) is 38.8 Å². The predicted octanol–water partition coefficient (Wildman–Crippen LogP) is 3.51. The molecule has 0 radical (unpaired) electrons. The zero-order chi connectivity index (χ0) is 13.5. The molecule has 1 N–H and O–H groups in total. The van der Waals surface area contributed by atoms with Crippen LogP contribution in [0.3, 0.4) is 0 Å². The van der Waals surface area contributed by atoms with Gasteiger partial charge in [-0.1, -0.05) is 32.4 Å². The van der Waals surface area contributed by atoms with Crippen molar-refractivity contribution < 1.29 is 5.11 Å². The third-order valence-corrected chi connectivity index (χ3v) is 4.01. The van der Waals surface area contributed by atoms with Crippen LogP contribution >= 0.6 is 22.9 Å². The van der Waals surface area contributed by atoms with Crippen LogP contribution in [0, 0.1) is 0 Å². The quantitative estimate of drug-likeness (QED) is 0.916. The van der Waals surface area contributed by atoms with Crippen molar-refractivity contribution in [1.82, 2.24) is 9.78 Å². The lowest BCUT2D eigenvalue weighted by Crippen LogP contribution is -2.16. The molecule has 0 aliphatic rings. The third kappa shape index (κ3) is 2.60. The molecule has 2 heterocycles. The molecule has 0 bridgehead atoms. The number of aliphatic hydroxyl groups excluding tert-OH is 1. The van der Waals surface area contributed by atoms with E-state index in [1.54, 1.807) is 10.7 Å². The first-order chi connectivity index (χ1) is 8.29. The Bertz CT molecular complexity index is 554. The number of rotatable bonds is 2. The van der Waals surface area contributed by atoms with E-state index < -0.39 is 6.10 Å². The van der Waals surface area contributed by atoms with E-state index in [1.165, 1.54) is 11.3 Å². The first-order valence-electron chi connectivity index (χ1n) is 5.76. The Labute approximate surface area is 116 Å². The minimum absolute atomic E-state index is 0.0986. The van der Waals surface area contributed by atoms with Crippen LogP contribution in [0.4, 0.5) is 0 Å². The zero-order valence-electron chi connectivity index (χ0n) is 10.9. The molecule has 3 nitrogen and oxygen atoms in total. The lowest BCUT2D eigenvalue weighted by Gasteiger charge is -2.19. The number of hydrogen-bond acceptors (Lipinski definition) is 3. The standard InChI is InChI=1S/C13H17ClN2OS/c1-13(2,3)12-8(7-16(4)15-12)11(17)9-5-6-10(14)18-9/h5-7,11,17H,1-4H3. The Kier molecular flexibility index (Phi) is 3.54. The topological polar surface area (TPSA) is 38.0 Å². The van der Waals surface area contributed by atoms with Gasteiger partial charge in [0.25, 0.3) is 0 Å². The number of halogens is 1. The Morgan fingerprint density at radius 3 is 2.56 bits per heavy atom. The summed E-state index contributed by atoms with van der Waals surface area (Å²) < 4.78 is 2.43. The van der Waals surface area contributed by atoms with Crippen molar-refractivity contribution in [2.24, 2.45) is 7.05 Å².